The van der Waals surface area contributed by atoms with Crippen molar-refractivity contribution in [3.63, 3.8) is 0 Å². The molecule has 3 N–H and O–H groups in total. The highest BCUT2D eigenvalue weighted by molar-refractivity contribution is 5.79. The van der Waals surface area contributed by atoms with Crippen LogP contribution in [0.25, 0.3) is 0 Å². The lowest BCUT2D eigenvalue weighted by Crippen LogP contribution is -2.46. The smallest absolute Gasteiger partial charge is 0.308 e. The molecule has 37 heavy (non-hydrogen) atoms. The van der Waals surface area contributed by atoms with E-state index in [-0.39, 0.29) is 24.4 Å². The maximum atomic E-state index is 13.4. The number of fused-ring (bicyclic) bond motifs is 1. The largest absolute Gasteiger partial charge is 0.496 e. The van der Waals surface area contributed by atoms with Gasteiger partial charge in [-0.1, -0.05) is 43.7 Å². The number of nitrogens with zero attached hydrogens (tertiary/aromatic N) is 2. The van der Waals surface area contributed by atoms with E-state index in [2.05, 4.69) is 17.9 Å². The predicted molar refractivity (Wildman–Crippen MR) is 142 cm³/mol. The van der Waals surface area contributed by atoms with Gasteiger partial charge in [0.25, 0.3) is 0 Å². The van der Waals surface area contributed by atoms with E-state index in [9.17, 15) is 14.7 Å². The van der Waals surface area contributed by atoms with Gasteiger partial charge in [-0.3, -0.25) is 14.5 Å². The molecule has 2 heterocycles. The zero-order valence-electron chi connectivity index (χ0n) is 21.9. The van der Waals surface area contributed by atoms with Crippen molar-refractivity contribution in [3.8, 4) is 11.5 Å². The van der Waals surface area contributed by atoms with Gasteiger partial charge in [0.05, 0.1) is 26.2 Å². The number of unbranched alkanes of at least 4 members (excludes halogenated alkanes) is 1. The van der Waals surface area contributed by atoms with Gasteiger partial charge in [0.1, 0.15) is 11.5 Å². The average molecular weight is 510 g/mol. The van der Waals surface area contributed by atoms with E-state index in [1.807, 2.05) is 41.3 Å². The zero-order valence-corrected chi connectivity index (χ0v) is 21.9. The molecule has 2 aromatic carbocycles. The van der Waals surface area contributed by atoms with Gasteiger partial charge < -0.3 is 25.2 Å². The van der Waals surface area contributed by atoms with Crippen molar-refractivity contribution in [1.29, 1.82) is 0 Å². The number of amides is 1. The number of likely N-dealkylation sites (tertiary alicyclic amines) is 1. The summed E-state index contributed by atoms with van der Waals surface area (Å²) in [5.41, 5.74) is 8.84. The summed E-state index contributed by atoms with van der Waals surface area (Å²) in [7, 11) is 1.62. The van der Waals surface area contributed by atoms with Crippen molar-refractivity contribution in [2.75, 3.05) is 46.4 Å². The quantitative estimate of drug-likeness (QED) is 0.453. The third-order valence-electron chi connectivity index (χ3n) is 7.67. The Morgan fingerprint density at radius 2 is 2.03 bits per heavy atom. The van der Waals surface area contributed by atoms with E-state index in [1.165, 1.54) is 0 Å². The lowest BCUT2D eigenvalue weighted by molar-refractivity contribution is -0.143. The van der Waals surface area contributed by atoms with E-state index in [0.717, 1.165) is 47.5 Å². The molecule has 8 heteroatoms. The molecule has 8 nitrogen and oxygen atoms in total. The van der Waals surface area contributed by atoms with Crippen LogP contribution in [0, 0.1) is 5.92 Å². The molecule has 0 unspecified atom stereocenters. The fourth-order valence-electron chi connectivity index (χ4n) is 5.76. The van der Waals surface area contributed by atoms with Crippen molar-refractivity contribution in [3.05, 3.63) is 59.2 Å². The maximum Gasteiger partial charge on any atom is 0.308 e. The number of carboxylic acid groups (broad SMARTS) is 1. The monoisotopic (exact) mass is 509 g/mol. The summed E-state index contributed by atoms with van der Waals surface area (Å²) < 4.78 is 11.2. The Morgan fingerprint density at radius 1 is 1.22 bits per heavy atom. The molecule has 2 aliphatic rings. The van der Waals surface area contributed by atoms with E-state index >= 15 is 0 Å². The van der Waals surface area contributed by atoms with Gasteiger partial charge in [-0.05, 0) is 41.7 Å². The summed E-state index contributed by atoms with van der Waals surface area (Å²) in [6.45, 7) is 4.96. The molecule has 2 aromatic rings. The van der Waals surface area contributed by atoms with Gasteiger partial charge in [-0.25, -0.2) is 0 Å². The van der Waals surface area contributed by atoms with Gasteiger partial charge >= 0.3 is 5.97 Å². The molecule has 0 bridgehead atoms. The number of hydrogen-bond acceptors (Lipinski definition) is 6. The molecule has 0 spiro atoms. The second-order valence-corrected chi connectivity index (χ2v) is 9.97. The van der Waals surface area contributed by atoms with Crippen LogP contribution >= 0.6 is 0 Å². The average Bonchev–Trinajstić information content (AvgIpc) is 3.51. The van der Waals surface area contributed by atoms with Gasteiger partial charge in [0.15, 0.2) is 0 Å². The summed E-state index contributed by atoms with van der Waals surface area (Å²) in [6.07, 6.45) is 3.20. The highest BCUT2D eigenvalue weighted by Gasteiger charge is 2.47. The first kappa shape index (κ1) is 26.9. The minimum absolute atomic E-state index is 0.00364. The standard InChI is InChI=1S/C29H39N3O5/c1-3-4-13-31(14-12-30)27(33)19-32-18-23(20-9-10-26-22(16-20)11-15-37-26)28(29(34)35)24(32)17-21-7-5-6-8-25(21)36-2/h5-10,16,23-24,28H,3-4,11-15,17-19,30H2,1-2H3,(H,34,35)/t23-,24+,28-/m1/s1. The minimum atomic E-state index is -0.846. The van der Waals surface area contributed by atoms with Crippen LogP contribution in [-0.2, 0) is 22.4 Å². The van der Waals surface area contributed by atoms with Gasteiger partial charge in [-0.2, -0.15) is 0 Å². The molecular formula is C29H39N3O5. The number of nitrogens with two attached hydrogens (primary N) is 1. The first-order chi connectivity index (χ1) is 18.0. The van der Waals surface area contributed by atoms with Crippen LogP contribution in [0.3, 0.4) is 0 Å². The number of ether oxygens (including phenoxy) is 2. The van der Waals surface area contributed by atoms with Crippen LogP contribution in [-0.4, -0.2) is 79.3 Å². The molecule has 0 saturated carbocycles. The third kappa shape index (κ3) is 6.08. The first-order valence-electron chi connectivity index (χ1n) is 13.3. The molecule has 200 valence electrons. The lowest BCUT2D eigenvalue weighted by Gasteiger charge is -2.30. The summed E-state index contributed by atoms with van der Waals surface area (Å²) >= 11 is 0. The van der Waals surface area contributed by atoms with Crippen molar-refractivity contribution in [2.45, 2.75) is 44.6 Å². The topological polar surface area (TPSA) is 105 Å². The highest BCUT2D eigenvalue weighted by Crippen LogP contribution is 2.41. The Labute approximate surface area is 219 Å². The Bertz CT molecular complexity index is 1090. The summed E-state index contributed by atoms with van der Waals surface area (Å²) in [4.78, 5) is 30.1. The van der Waals surface area contributed by atoms with Gasteiger partial charge in [0, 0.05) is 44.6 Å². The fraction of sp³-hybridized carbons (Fsp3) is 0.517. The molecule has 3 atom stereocenters. The van der Waals surface area contributed by atoms with Gasteiger partial charge in [-0.15, -0.1) is 0 Å². The van der Waals surface area contributed by atoms with Crippen LogP contribution in [0.4, 0.5) is 0 Å². The maximum absolute atomic E-state index is 13.4. The van der Waals surface area contributed by atoms with Crippen LogP contribution in [0.5, 0.6) is 11.5 Å². The van der Waals surface area contributed by atoms with Crippen molar-refractivity contribution in [1.82, 2.24) is 9.80 Å². The molecule has 1 amide bonds. The van der Waals surface area contributed by atoms with Crippen molar-refractivity contribution >= 4 is 11.9 Å². The Morgan fingerprint density at radius 3 is 2.76 bits per heavy atom. The zero-order chi connectivity index (χ0) is 26.4. The van der Waals surface area contributed by atoms with E-state index in [1.54, 1.807) is 7.11 Å². The van der Waals surface area contributed by atoms with E-state index < -0.39 is 11.9 Å². The molecule has 1 fully saturated rings. The van der Waals surface area contributed by atoms with Crippen LogP contribution in [0.1, 0.15) is 42.4 Å². The van der Waals surface area contributed by atoms with Gasteiger partial charge in [0.2, 0.25) is 5.91 Å². The number of para-hydroxylation sites is 1. The van der Waals surface area contributed by atoms with Crippen molar-refractivity contribution in [2.24, 2.45) is 11.7 Å². The molecule has 0 radical (unpaired) electrons. The molecule has 1 saturated heterocycles. The number of benzene rings is 2. The molecule has 0 aliphatic carbocycles. The van der Waals surface area contributed by atoms with Crippen LogP contribution in [0.15, 0.2) is 42.5 Å². The second-order valence-electron chi connectivity index (χ2n) is 9.97. The van der Waals surface area contributed by atoms with Crippen LogP contribution < -0.4 is 15.2 Å². The lowest BCUT2D eigenvalue weighted by atomic mass is 9.82. The van der Waals surface area contributed by atoms with E-state index in [4.69, 9.17) is 15.2 Å². The van der Waals surface area contributed by atoms with E-state index in [0.29, 0.717) is 39.2 Å². The Kier molecular flexibility index (Phi) is 9.05. The number of carbonyl (C=O) groups is 2. The Hall–Kier alpha value is -3.10. The summed E-state index contributed by atoms with van der Waals surface area (Å²) in [6, 6.07) is 13.4. The number of aliphatic carboxylic acids is 1. The fourth-order valence-corrected chi connectivity index (χ4v) is 5.76. The SMILES string of the molecule is CCCCN(CCN)C(=O)CN1C[C@H](c2ccc3c(c2)CCO3)[C@@H](C(=O)O)[C@@H]1Cc1ccccc1OC. The number of methoxy groups -OCH3 is 1. The minimum Gasteiger partial charge on any atom is -0.496 e. The normalized spacial score (nSPS) is 20.9. The molecule has 4 rings (SSSR count). The number of rotatable bonds is 12. The third-order valence-corrected chi connectivity index (χ3v) is 7.67. The molecular weight excluding hydrogens is 470 g/mol. The molecule has 0 aromatic heterocycles. The predicted octanol–water partition coefficient (Wildman–Crippen LogP) is 2.93. The summed E-state index contributed by atoms with van der Waals surface area (Å²) in [5.74, 6) is -0.160. The Balaban J connectivity index is 1.66. The number of carbonyl (C=O) groups excluding carboxylic acids is 1. The molecule has 2 aliphatic heterocycles. The number of hydrogen-bond donors (Lipinski definition) is 2. The highest BCUT2D eigenvalue weighted by atomic mass is 16.5. The number of carboxylic acids is 1. The second kappa shape index (κ2) is 12.4. The van der Waals surface area contributed by atoms with Crippen LogP contribution in [0.2, 0.25) is 0 Å². The first-order valence-corrected chi connectivity index (χ1v) is 13.3. The summed E-state index contributed by atoms with van der Waals surface area (Å²) in [5, 5.41) is 10.5. The van der Waals surface area contributed by atoms with Crippen molar-refractivity contribution < 1.29 is 24.2 Å².